The van der Waals surface area contributed by atoms with Crippen molar-refractivity contribution in [3.63, 3.8) is 0 Å². The van der Waals surface area contributed by atoms with Crippen LogP contribution in [0.4, 0.5) is 10.5 Å². The van der Waals surface area contributed by atoms with Crippen molar-refractivity contribution < 1.29 is 4.79 Å². The van der Waals surface area contributed by atoms with E-state index in [0.717, 1.165) is 16.6 Å². The van der Waals surface area contributed by atoms with E-state index >= 15 is 0 Å². The Hall–Kier alpha value is -1.97. The minimum Gasteiger partial charge on any atom is -0.359 e. The van der Waals surface area contributed by atoms with Gasteiger partial charge in [-0.3, -0.25) is 0 Å². The Labute approximate surface area is 101 Å². The zero-order valence-corrected chi connectivity index (χ0v) is 10.2. The number of fused-ring (bicyclic) bond motifs is 1. The average Bonchev–Trinajstić information content (AvgIpc) is 2.80. The summed E-state index contributed by atoms with van der Waals surface area (Å²) in [5.74, 6) is 0. The minimum absolute atomic E-state index is 0.0582. The van der Waals surface area contributed by atoms with E-state index in [1.165, 1.54) is 0 Å². The number of benzene rings is 1. The first kappa shape index (κ1) is 11.5. The van der Waals surface area contributed by atoms with E-state index in [1.54, 1.807) is 4.90 Å². The number of carbonyl (C=O) groups excluding carboxylic acids is 1. The summed E-state index contributed by atoms with van der Waals surface area (Å²) in [6.45, 7) is 5.36. The molecule has 0 aliphatic heterocycles. The molecule has 2 rings (SSSR count). The maximum atomic E-state index is 11.9. The van der Waals surface area contributed by atoms with Crippen molar-refractivity contribution in [2.24, 2.45) is 0 Å². The van der Waals surface area contributed by atoms with Gasteiger partial charge in [0.1, 0.15) is 0 Å². The summed E-state index contributed by atoms with van der Waals surface area (Å²) in [7, 11) is 0. The van der Waals surface area contributed by atoms with Gasteiger partial charge in [0.15, 0.2) is 0 Å². The number of urea groups is 1. The molecule has 2 N–H and O–H groups in total. The third kappa shape index (κ3) is 2.25. The largest absolute Gasteiger partial charge is 0.359 e. The number of rotatable bonds is 3. The highest BCUT2D eigenvalue weighted by Crippen LogP contribution is 2.21. The van der Waals surface area contributed by atoms with Crippen LogP contribution < -0.4 is 5.32 Å². The lowest BCUT2D eigenvalue weighted by molar-refractivity contribution is 0.217. The van der Waals surface area contributed by atoms with Gasteiger partial charge < -0.3 is 15.2 Å². The van der Waals surface area contributed by atoms with E-state index in [2.05, 4.69) is 10.3 Å². The van der Waals surface area contributed by atoms with Gasteiger partial charge in [-0.2, -0.15) is 0 Å². The van der Waals surface area contributed by atoms with E-state index in [4.69, 9.17) is 0 Å². The molecule has 0 saturated heterocycles. The van der Waals surface area contributed by atoms with Crippen LogP contribution in [0.1, 0.15) is 13.8 Å². The predicted molar refractivity (Wildman–Crippen MR) is 70.2 cm³/mol. The summed E-state index contributed by atoms with van der Waals surface area (Å²) in [4.78, 5) is 16.8. The number of para-hydroxylation sites is 1. The summed E-state index contributed by atoms with van der Waals surface area (Å²) in [5, 5.41) is 4.03. The number of amides is 2. The Bertz CT molecular complexity index is 514. The number of H-pyrrole nitrogens is 1. The van der Waals surface area contributed by atoms with Crippen LogP contribution in [0.2, 0.25) is 0 Å². The second kappa shape index (κ2) is 4.91. The summed E-state index contributed by atoms with van der Waals surface area (Å²) < 4.78 is 0. The number of aromatic nitrogens is 1. The fourth-order valence-corrected chi connectivity index (χ4v) is 1.89. The summed E-state index contributed by atoms with van der Waals surface area (Å²) in [6, 6.07) is 7.78. The van der Waals surface area contributed by atoms with Gasteiger partial charge in [0.05, 0.1) is 11.2 Å². The van der Waals surface area contributed by atoms with Crippen molar-refractivity contribution in [2.75, 3.05) is 18.4 Å². The van der Waals surface area contributed by atoms with Gasteiger partial charge in [0, 0.05) is 24.7 Å². The lowest BCUT2D eigenvalue weighted by atomic mass is 10.2. The van der Waals surface area contributed by atoms with Crippen LogP contribution in [-0.4, -0.2) is 29.0 Å². The first-order chi connectivity index (χ1) is 8.26. The highest BCUT2D eigenvalue weighted by molar-refractivity contribution is 5.99. The lowest BCUT2D eigenvalue weighted by Crippen LogP contribution is -2.34. The highest BCUT2D eigenvalue weighted by Gasteiger charge is 2.11. The summed E-state index contributed by atoms with van der Waals surface area (Å²) >= 11 is 0. The highest BCUT2D eigenvalue weighted by atomic mass is 16.2. The molecule has 0 bridgehead atoms. The molecule has 0 saturated carbocycles. The molecular weight excluding hydrogens is 214 g/mol. The number of anilines is 1. The number of hydrogen-bond acceptors (Lipinski definition) is 1. The molecule has 0 unspecified atom stereocenters. The van der Waals surface area contributed by atoms with E-state index in [-0.39, 0.29) is 6.03 Å². The Morgan fingerprint density at radius 1 is 1.29 bits per heavy atom. The number of nitrogens with one attached hydrogen (secondary N) is 2. The molecule has 0 radical (unpaired) electrons. The molecule has 2 amide bonds. The van der Waals surface area contributed by atoms with Crippen molar-refractivity contribution in [3.05, 3.63) is 30.5 Å². The monoisotopic (exact) mass is 231 g/mol. The van der Waals surface area contributed by atoms with Crippen LogP contribution in [0.5, 0.6) is 0 Å². The lowest BCUT2D eigenvalue weighted by Gasteiger charge is -2.19. The molecule has 2 aromatic rings. The molecule has 0 aliphatic carbocycles. The Morgan fingerprint density at radius 2 is 2.06 bits per heavy atom. The van der Waals surface area contributed by atoms with Gasteiger partial charge in [-0.25, -0.2) is 4.79 Å². The summed E-state index contributed by atoms with van der Waals surface area (Å²) in [5.41, 5.74) is 1.79. The van der Waals surface area contributed by atoms with Crippen LogP contribution >= 0.6 is 0 Å². The standard InChI is InChI=1S/C13H17N3O/c1-3-16(4-2)13(17)15-11-7-5-6-10-8-9-14-12(10)11/h5-9,14H,3-4H2,1-2H3,(H,15,17). The van der Waals surface area contributed by atoms with Gasteiger partial charge in [0.25, 0.3) is 0 Å². The molecule has 4 nitrogen and oxygen atoms in total. The number of aromatic amines is 1. The third-order valence-corrected chi connectivity index (χ3v) is 2.88. The quantitative estimate of drug-likeness (QED) is 0.838. The maximum absolute atomic E-state index is 11.9. The van der Waals surface area contributed by atoms with Crippen LogP contribution in [0.3, 0.4) is 0 Å². The normalized spacial score (nSPS) is 10.5. The van der Waals surface area contributed by atoms with Gasteiger partial charge in [0.2, 0.25) is 0 Å². The van der Waals surface area contributed by atoms with Gasteiger partial charge in [-0.1, -0.05) is 12.1 Å². The van der Waals surface area contributed by atoms with Gasteiger partial charge in [-0.15, -0.1) is 0 Å². The maximum Gasteiger partial charge on any atom is 0.321 e. The van der Waals surface area contributed by atoms with Crippen molar-refractivity contribution in [2.45, 2.75) is 13.8 Å². The summed E-state index contributed by atoms with van der Waals surface area (Å²) in [6.07, 6.45) is 1.87. The topological polar surface area (TPSA) is 48.1 Å². The van der Waals surface area contributed by atoms with E-state index in [9.17, 15) is 4.79 Å². The van der Waals surface area contributed by atoms with Crippen LogP contribution in [0.15, 0.2) is 30.5 Å². The Balaban J connectivity index is 2.23. The van der Waals surface area contributed by atoms with E-state index in [1.807, 2.05) is 44.3 Å². The average molecular weight is 231 g/mol. The Morgan fingerprint density at radius 3 is 2.76 bits per heavy atom. The number of carbonyl (C=O) groups is 1. The number of nitrogens with zero attached hydrogens (tertiary/aromatic N) is 1. The van der Waals surface area contributed by atoms with Crippen molar-refractivity contribution in [1.82, 2.24) is 9.88 Å². The minimum atomic E-state index is -0.0582. The molecule has 0 aliphatic rings. The molecule has 0 atom stereocenters. The van der Waals surface area contributed by atoms with Crippen LogP contribution in [-0.2, 0) is 0 Å². The zero-order chi connectivity index (χ0) is 12.3. The molecule has 1 aromatic carbocycles. The molecule has 0 fully saturated rings. The van der Waals surface area contributed by atoms with Crippen molar-refractivity contribution in [3.8, 4) is 0 Å². The fourth-order valence-electron chi connectivity index (χ4n) is 1.89. The van der Waals surface area contributed by atoms with Crippen molar-refractivity contribution in [1.29, 1.82) is 0 Å². The molecule has 90 valence electrons. The third-order valence-electron chi connectivity index (χ3n) is 2.88. The molecule has 1 aromatic heterocycles. The van der Waals surface area contributed by atoms with Crippen LogP contribution in [0, 0.1) is 0 Å². The predicted octanol–water partition coefficient (Wildman–Crippen LogP) is 3.04. The van der Waals surface area contributed by atoms with Gasteiger partial charge >= 0.3 is 6.03 Å². The molecule has 4 heteroatoms. The molecule has 17 heavy (non-hydrogen) atoms. The van der Waals surface area contributed by atoms with Crippen LogP contribution in [0.25, 0.3) is 10.9 Å². The fraction of sp³-hybridized carbons (Fsp3) is 0.308. The Kier molecular flexibility index (Phi) is 3.32. The van der Waals surface area contributed by atoms with Crippen molar-refractivity contribution >= 4 is 22.6 Å². The first-order valence-corrected chi connectivity index (χ1v) is 5.88. The van der Waals surface area contributed by atoms with E-state index in [0.29, 0.717) is 13.1 Å². The van der Waals surface area contributed by atoms with Gasteiger partial charge in [-0.05, 0) is 26.0 Å². The second-order valence-electron chi connectivity index (χ2n) is 3.85. The molecule has 0 spiro atoms. The zero-order valence-electron chi connectivity index (χ0n) is 10.2. The molecular formula is C13H17N3O. The van der Waals surface area contributed by atoms with E-state index < -0.39 is 0 Å². The SMILES string of the molecule is CCN(CC)C(=O)Nc1cccc2cc[nH]c12. The second-order valence-corrected chi connectivity index (χ2v) is 3.85. The molecule has 1 heterocycles. The smallest absolute Gasteiger partial charge is 0.321 e. The first-order valence-electron chi connectivity index (χ1n) is 5.88. The number of hydrogen-bond donors (Lipinski definition) is 2.